The molecule has 2 N–H and O–H groups in total. The van der Waals surface area contributed by atoms with Crippen LogP contribution in [0.25, 0.3) is 0 Å². The summed E-state index contributed by atoms with van der Waals surface area (Å²) < 4.78 is 0. The Balaban J connectivity index is 2.33. The Morgan fingerprint density at radius 1 is 1.35 bits per heavy atom. The summed E-state index contributed by atoms with van der Waals surface area (Å²) in [5, 5.41) is 13.8. The summed E-state index contributed by atoms with van der Waals surface area (Å²) in [5.74, 6) is 0.510. The third-order valence-electron chi connectivity index (χ3n) is 3.11. The highest BCUT2D eigenvalue weighted by Gasteiger charge is 2.06. The van der Waals surface area contributed by atoms with Gasteiger partial charge in [-0.15, -0.1) is 10.2 Å². The lowest BCUT2D eigenvalue weighted by Crippen LogP contribution is -2.28. The summed E-state index contributed by atoms with van der Waals surface area (Å²) in [6.07, 6.45) is 1.04. The lowest BCUT2D eigenvalue weighted by atomic mass is 10.3. The van der Waals surface area contributed by atoms with E-state index in [1.54, 1.807) is 12.1 Å². The molecular weight excluding hydrogens is 254 g/mol. The number of carbonyl (C=O) groups excluding carboxylic acids is 1. The minimum atomic E-state index is -0.190. The van der Waals surface area contributed by atoms with Crippen molar-refractivity contribution in [2.24, 2.45) is 0 Å². The quantitative estimate of drug-likeness (QED) is 0.703. The number of hydrogen-bond acceptors (Lipinski definition) is 5. The average Bonchev–Trinajstić information content (AvgIpc) is 2.44. The number of rotatable bonds is 8. The zero-order valence-electron chi connectivity index (χ0n) is 12.8. The van der Waals surface area contributed by atoms with Crippen LogP contribution in [0.3, 0.4) is 0 Å². The largest absolute Gasteiger partial charge is 0.369 e. The normalized spacial score (nSPS) is 10.9. The second-order valence-electron chi connectivity index (χ2n) is 5.02. The van der Waals surface area contributed by atoms with Gasteiger partial charge in [-0.3, -0.25) is 4.79 Å². The summed E-state index contributed by atoms with van der Waals surface area (Å²) in [4.78, 5) is 13.8. The first-order chi connectivity index (χ1) is 9.54. The Labute approximate surface area is 121 Å². The number of carbonyl (C=O) groups is 1. The zero-order valence-corrected chi connectivity index (χ0v) is 12.8. The van der Waals surface area contributed by atoms with E-state index in [0.29, 0.717) is 24.1 Å². The Morgan fingerprint density at radius 2 is 2.10 bits per heavy atom. The van der Waals surface area contributed by atoms with Crippen LogP contribution in [0.5, 0.6) is 0 Å². The van der Waals surface area contributed by atoms with Gasteiger partial charge in [0.05, 0.1) is 0 Å². The molecule has 0 saturated heterocycles. The summed E-state index contributed by atoms with van der Waals surface area (Å²) in [7, 11) is 2.12. The molecule has 0 fully saturated rings. The first kappa shape index (κ1) is 16.4. The molecule has 0 saturated carbocycles. The van der Waals surface area contributed by atoms with Gasteiger partial charge < -0.3 is 15.5 Å². The summed E-state index contributed by atoms with van der Waals surface area (Å²) in [6.45, 7) is 8.69. The maximum Gasteiger partial charge on any atom is 0.271 e. The monoisotopic (exact) mass is 279 g/mol. The van der Waals surface area contributed by atoms with Gasteiger partial charge in [-0.25, -0.2) is 0 Å². The summed E-state index contributed by atoms with van der Waals surface area (Å²) in [6, 6.07) is 4.02. The summed E-state index contributed by atoms with van der Waals surface area (Å²) >= 11 is 0. The van der Waals surface area contributed by atoms with E-state index < -0.39 is 0 Å². The molecule has 1 amide bonds. The molecule has 0 aliphatic carbocycles. The van der Waals surface area contributed by atoms with Crippen molar-refractivity contribution in [1.29, 1.82) is 0 Å². The third-order valence-corrected chi connectivity index (χ3v) is 3.11. The van der Waals surface area contributed by atoms with Gasteiger partial charge in [0.15, 0.2) is 5.69 Å². The molecule has 0 bridgehead atoms. The fraction of sp³-hybridized carbons (Fsp3) is 0.643. The Bertz CT molecular complexity index is 405. The van der Waals surface area contributed by atoms with E-state index in [9.17, 15) is 4.79 Å². The van der Waals surface area contributed by atoms with E-state index in [4.69, 9.17) is 0 Å². The van der Waals surface area contributed by atoms with Gasteiger partial charge in [0.1, 0.15) is 5.82 Å². The van der Waals surface area contributed by atoms with E-state index in [2.05, 4.69) is 46.6 Å². The molecule has 20 heavy (non-hydrogen) atoms. The van der Waals surface area contributed by atoms with Gasteiger partial charge in [-0.1, -0.05) is 0 Å². The van der Waals surface area contributed by atoms with Crippen LogP contribution in [0, 0.1) is 0 Å². The van der Waals surface area contributed by atoms with Gasteiger partial charge in [0, 0.05) is 19.1 Å². The highest BCUT2D eigenvalue weighted by Crippen LogP contribution is 2.02. The van der Waals surface area contributed by atoms with Crippen molar-refractivity contribution in [1.82, 2.24) is 20.4 Å². The Hall–Kier alpha value is -1.69. The maximum atomic E-state index is 11.5. The van der Waals surface area contributed by atoms with Crippen LogP contribution in [-0.4, -0.2) is 53.7 Å². The summed E-state index contributed by atoms with van der Waals surface area (Å²) in [5.41, 5.74) is 0.344. The minimum Gasteiger partial charge on any atom is -0.369 e. The second kappa shape index (κ2) is 8.47. The molecule has 0 unspecified atom stereocenters. The van der Waals surface area contributed by atoms with Gasteiger partial charge in [0.25, 0.3) is 5.91 Å². The highest BCUT2D eigenvalue weighted by atomic mass is 16.1. The fourth-order valence-corrected chi connectivity index (χ4v) is 1.60. The molecule has 0 spiro atoms. The average molecular weight is 279 g/mol. The Morgan fingerprint density at radius 3 is 2.65 bits per heavy atom. The lowest BCUT2D eigenvalue weighted by molar-refractivity contribution is 0.0950. The van der Waals surface area contributed by atoms with E-state index in [1.807, 2.05) is 6.92 Å². The van der Waals surface area contributed by atoms with Gasteiger partial charge in [-0.05, 0) is 52.9 Å². The van der Waals surface area contributed by atoms with Crippen LogP contribution in [0.4, 0.5) is 5.82 Å². The van der Waals surface area contributed by atoms with Gasteiger partial charge in [0.2, 0.25) is 0 Å². The Kier molecular flexibility index (Phi) is 6.93. The van der Waals surface area contributed by atoms with Crippen LogP contribution >= 0.6 is 0 Å². The van der Waals surface area contributed by atoms with Gasteiger partial charge in [-0.2, -0.15) is 0 Å². The standard InChI is InChI=1S/C14H25N5O/c1-5-15-14(20)12-7-8-13(18-17-12)16-9-6-10-19(4)11(2)3/h7-8,11H,5-6,9-10H2,1-4H3,(H,15,20)(H,16,18). The molecule has 1 rings (SSSR count). The molecule has 0 aliphatic rings. The number of nitrogens with one attached hydrogen (secondary N) is 2. The van der Waals surface area contributed by atoms with Crippen molar-refractivity contribution >= 4 is 11.7 Å². The van der Waals surface area contributed by atoms with Crippen molar-refractivity contribution in [3.05, 3.63) is 17.8 Å². The van der Waals surface area contributed by atoms with Crippen LogP contribution in [0.2, 0.25) is 0 Å². The van der Waals surface area contributed by atoms with Crippen molar-refractivity contribution < 1.29 is 4.79 Å². The molecule has 1 heterocycles. The molecule has 1 aromatic heterocycles. The van der Waals surface area contributed by atoms with Gasteiger partial charge >= 0.3 is 0 Å². The van der Waals surface area contributed by atoms with Crippen LogP contribution in [0.1, 0.15) is 37.7 Å². The molecule has 1 aromatic rings. The SMILES string of the molecule is CCNC(=O)c1ccc(NCCCN(C)C(C)C)nn1. The van der Waals surface area contributed by atoms with Crippen molar-refractivity contribution in [2.75, 3.05) is 32.0 Å². The number of aromatic nitrogens is 2. The van der Waals surface area contributed by atoms with Crippen molar-refractivity contribution in [2.45, 2.75) is 33.2 Å². The molecule has 0 aliphatic heterocycles. The van der Waals surface area contributed by atoms with Crippen LogP contribution in [-0.2, 0) is 0 Å². The van der Waals surface area contributed by atoms with E-state index >= 15 is 0 Å². The highest BCUT2D eigenvalue weighted by molar-refractivity contribution is 5.92. The minimum absolute atomic E-state index is 0.190. The number of hydrogen-bond donors (Lipinski definition) is 2. The molecule has 6 heteroatoms. The van der Waals surface area contributed by atoms with E-state index in [0.717, 1.165) is 19.5 Å². The first-order valence-electron chi connectivity index (χ1n) is 7.10. The predicted octanol–water partition coefficient (Wildman–Crippen LogP) is 1.37. The fourth-order valence-electron chi connectivity index (χ4n) is 1.60. The number of amides is 1. The molecule has 112 valence electrons. The molecular formula is C14H25N5O. The predicted molar refractivity (Wildman–Crippen MR) is 80.9 cm³/mol. The van der Waals surface area contributed by atoms with Crippen LogP contribution < -0.4 is 10.6 Å². The lowest BCUT2D eigenvalue weighted by Gasteiger charge is -2.20. The van der Waals surface area contributed by atoms with E-state index in [1.165, 1.54) is 0 Å². The maximum absolute atomic E-state index is 11.5. The number of anilines is 1. The van der Waals surface area contributed by atoms with Crippen molar-refractivity contribution in [3.8, 4) is 0 Å². The molecule has 0 atom stereocenters. The zero-order chi connectivity index (χ0) is 15.0. The first-order valence-corrected chi connectivity index (χ1v) is 7.10. The van der Waals surface area contributed by atoms with Crippen LogP contribution in [0.15, 0.2) is 12.1 Å². The van der Waals surface area contributed by atoms with E-state index in [-0.39, 0.29) is 5.91 Å². The third kappa shape index (κ3) is 5.52. The molecule has 0 radical (unpaired) electrons. The van der Waals surface area contributed by atoms with Crippen molar-refractivity contribution in [3.63, 3.8) is 0 Å². The molecule has 6 nitrogen and oxygen atoms in total. The second-order valence-corrected chi connectivity index (χ2v) is 5.02. The molecule has 0 aromatic carbocycles. The smallest absolute Gasteiger partial charge is 0.271 e. The number of nitrogens with zero attached hydrogens (tertiary/aromatic N) is 3. The topological polar surface area (TPSA) is 70.2 Å².